The first kappa shape index (κ1) is 9.57. The van der Waals surface area contributed by atoms with Gasteiger partial charge in [-0.1, -0.05) is 27.5 Å². The summed E-state index contributed by atoms with van der Waals surface area (Å²) < 4.78 is 0. The molecule has 0 bridgehead atoms. The topological polar surface area (TPSA) is 23.8 Å². The molecule has 1 rings (SSSR count). The quantitative estimate of drug-likeness (QED) is 0.733. The Bertz CT molecular complexity index is 317. The van der Waals surface area contributed by atoms with Gasteiger partial charge in [-0.25, -0.2) is 0 Å². The lowest BCUT2D eigenvalue weighted by Gasteiger charge is -1.99. The molecule has 0 N–H and O–H groups in total. The molecular formula is C9H7BrClN. The van der Waals surface area contributed by atoms with Gasteiger partial charge in [0.15, 0.2) is 0 Å². The molecule has 0 spiro atoms. The van der Waals surface area contributed by atoms with Crippen molar-refractivity contribution in [3.05, 3.63) is 34.3 Å². The summed E-state index contributed by atoms with van der Waals surface area (Å²) in [6.07, 6.45) is 0.898. The number of hydrogen-bond donors (Lipinski definition) is 0. The highest BCUT2D eigenvalue weighted by Crippen LogP contribution is 2.15. The Morgan fingerprint density at radius 2 is 2.17 bits per heavy atom. The van der Waals surface area contributed by atoms with Crippen molar-refractivity contribution in [2.24, 2.45) is 0 Å². The summed E-state index contributed by atoms with van der Waals surface area (Å²) in [5.41, 5.74) is 1.72. The van der Waals surface area contributed by atoms with E-state index in [1.54, 1.807) is 6.07 Å². The lowest BCUT2D eigenvalue weighted by Crippen LogP contribution is -1.87. The van der Waals surface area contributed by atoms with Crippen molar-refractivity contribution in [2.75, 3.05) is 5.33 Å². The van der Waals surface area contributed by atoms with Gasteiger partial charge < -0.3 is 0 Å². The minimum atomic E-state index is 0.624. The molecule has 0 aliphatic rings. The van der Waals surface area contributed by atoms with Crippen molar-refractivity contribution in [2.45, 2.75) is 6.42 Å². The Morgan fingerprint density at radius 3 is 2.75 bits per heavy atom. The number of hydrogen-bond acceptors (Lipinski definition) is 1. The van der Waals surface area contributed by atoms with Gasteiger partial charge in [0.1, 0.15) is 0 Å². The molecule has 3 heteroatoms. The molecule has 62 valence electrons. The summed E-state index contributed by atoms with van der Waals surface area (Å²) in [5, 5.41) is 10.2. The van der Waals surface area contributed by atoms with Crippen LogP contribution in [0.5, 0.6) is 0 Å². The van der Waals surface area contributed by atoms with Gasteiger partial charge in [-0.2, -0.15) is 5.26 Å². The van der Waals surface area contributed by atoms with Gasteiger partial charge in [0.25, 0.3) is 0 Å². The van der Waals surface area contributed by atoms with Crippen molar-refractivity contribution in [3.63, 3.8) is 0 Å². The van der Waals surface area contributed by atoms with E-state index in [0.717, 1.165) is 17.3 Å². The van der Waals surface area contributed by atoms with Crippen molar-refractivity contribution in [3.8, 4) is 6.07 Å². The zero-order chi connectivity index (χ0) is 8.97. The van der Waals surface area contributed by atoms with Crippen LogP contribution in [0.1, 0.15) is 11.1 Å². The van der Waals surface area contributed by atoms with Crippen molar-refractivity contribution < 1.29 is 0 Å². The predicted octanol–water partition coefficient (Wildman–Crippen LogP) is 3.15. The summed E-state index contributed by atoms with van der Waals surface area (Å²) in [5.74, 6) is 0. The van der Waals surface area contributed by atoms with E-state index in [0.29, 0.717) is 10.6 Å². The van der Waals surface area contributed by atoms with Crippen molar-refractivity contribution >= 4 is 27.5 Å². The molecule has 0 aliphatic heterocycles. The number of halogens is 2. The summed E-state index contributed by atoms with van der Waals surface area (Å²) in [6, 6.07) is 7.47. The highest BCUT2D eigenvalue weighted by Gasteiger charge is 1.97. The second kappa shape index (κ2) is 4.49. The van der Waals surface area contributed by atoms with Crippen LogP contribution in [-0.4, -0.2) is 5.33 Å². The van der Waals surface area contributed by atoms with Crippen LogP contribution in [0.15, 0.2) is 18.2 Å². The van der Waals surface area contributed by atoms with E-state index in [4.69, 9.17) is 16.9 Å². The molecule has 0 aromatic heterocycles. The maximum atomic E-state index is 8.63. The van der Waals surface area contributed by atoms with Gasteiger partial charge >= 0.3 is 0 Å². The van der Waals surface area contributed by atoms with E-state index in [2.05, 4.69) is 22.0 Å². The zero-order valence-electron chi connectivity index (χ0n) is 6.35. The Morgan fingerprint density at radius 1 is 1.42 bits per heavy atom. The molecule has 0 unspecified atom stereocenters. The molecule has 0 amide bonds. The summed E-state index contributed by atoms with van der Waals surface area (Å²) in [4.78, 5) is 0. The van der Waals surface area contributed by atoms with Crippen LogP contribution in [-0.2, 0) is 6.42 Å². The van der Waals surface area contributed by atoms with Crippen molar-refractivity contribution in [1.82, 2.24) is 0 Å². The Kier molecular flexibility index (Phi) is 3.58. The SMILES string of the molecule is N#Cc1cc(Cl)cc(CCBr)c1. The van der Waals surface area contributed by atoms with Gasteiger partial charge in [-0.3, -0.25) is 0 Å². The first-order valence-electron chi connectivity index (χ1n) is 3.52. The van der Waals surface area contributed by atoms with Gasteiger partial charge in [0.05, 0.1) is 11.6 Å². The largest absolute Gasteiger partial charge is 0.192 e. The van der Waals surface area contributed by atoms with Gasteiger partial charge in [0, 0.05) is 10.4 Å². The number of rotatable bonds is 2. The summed E-state index contributed by atoms with van der Waals surface area (Å²) in [7, 11) is 0. The molecule has 1 nitrogen and oxygen atoms in total. The van der Waals surface area contributed by atoms with Crippen LogP contribution < -0.4 is 0 Å². The smallest absolute Gasteiger partial charge is 0.0992 e. The van der Waals surface area contributed by atoms with Crippen LogP contribution in [0.3, 0.4) is 0 Å². The zero-order valence-corrected chi connectivity index (χ0v) is 8.69. The van der Waals surface area contributed by atoms with Crippen LogP contribution in [0, 0.1) is 11.3 Å². The number of alkyl halides is 1. The third kappa shape index (κ3) is 2.51. The minimum Gasteiger partial charge on any atom is -0.192 e. The highest BCUT2D eigenvalue weighted by atomic mass is 79.9. The Balaban J connectivity index is 3.00. The van der Waals surface area contributed by atoms with Gasteiger partial charge in [-0.15, -0.1) is 0 Å². The molecular weight excluding hydrogens is 237 g/mol. The molecule has 0 radical (unpaired) electrons. The molecule has 1 aromatic rings. The fourth-order valence-electron chi connectivity index (χ4n) is 0.968. The third-order valence-corrected chi connectivity index (χ3v) is 2.08. The van der Waals surface area contributed by atoms with Crippen LogP contribution in [0.2, 0.25) is 5.02 Å². The fraction of sp³-hybridized carbons (Fsp3) is 0.222. The summed E-state index contributed by atoms with van der Waals surface area (Å²) >= 11 is 9.13. The molecule has 12 heavy (non-hydrogen) atoms. The molecule has 0 saturated carbocycles. The van der Waals surface area contributed by atoms with Gasteiger partial charge in [-0.05, 0) is 30.2 Å². The number of benzene rings is 1. The maximum Gasteiger partial charge on any atom is 0.0992 e. The second-order valence-electron chi connectivity index (χ2n) is 2.40. The second-order valence-corrected chi connectivity index (χ2v) is 3.63. The average Bonchev–Trinajstić information content (AvgIpc) is 2.04. The lowest BCUT2D eigenvalue weighted by molar-refractivity contribution is 1.17. The molecule has 0 fully saturated rings. The molecule has 0 saturated heterocycles. The number of nitriles is 1. The average molecular weight is 245 g/mol. The van der Waals surface area contributed by atoms with Crippen LogP contribution in [0.25, 0.3) is 0 Å². The highest BCUT2D eigenvalue weighted by molar-refractivity contribution is 9.09. The van der Waals surface area contributed by atoms with E-state index in [1.165, 1.54) is 0 Å². The van der Waals surface area contributed by atoms with E-state index in [9.17, 15) is 0 Å². The predicted molar refractivity (Wildman–Crippen MR) is 53.7 cm³/mol. The molecule has 1 aromatic carbocycles. The van der Waals surface area contributed by atoms with Crippen molar-refractivity contribution in [1.29, 1.82) is 5.26 Å². The minimum absolute atomic E-state index is 0.624. The van der Waals surface area contributed by atoms with E-state index in [-0.39, 0.29) is 0 Å². The normalized spacial score (nSPS) is 9.42. The van der Waals surface area contributed by atoms with Crippen LogP contribution in [0.4, 0.5) is 0 Å². The molecule has 0 heterocycles. The van der Waals surface area contributed by atoms with Crippen LogP contribution >= 0.6 is 27.5 Å². The first-order chi connectivity index (χ1) is 5.76. The lowest BCUT2D eigenvalue weighted by atomic mass is 10.1. The standard InChI is InChI=1S/C9H7BrClN/c10-2-1-7-3-8(6-12)5-9(11)4-7/h3-5H,1-2H2. The van der Waals surface area contributed by atoms with E-state index in [1.807, 2.05) is 12.1 Å². The number of aryl methyl sites for hydroxylation is 1. The summed E-state index contributed by atoms with van der Waals surface area (Å²) in [6.45, 7) is 0. The number of nitrogens with zero attached hydrogens (tertiary/aromatic N) is 1. The Labute approximate surface area is 85.1 Å². The first-order valence-corrected chi connectivity index (χ1v) is 5.01. The van der Waals surface area contributed by atoms with E-state index < -0.39 is 0 Å². The maximum absolute atomic E-state index is 8.63. The third-order valence-electron chi connectivity index (χ3n) is 1.47. The molecule has 0 atom stereocenters. The van der Waals surface area contributed by atoms with Gasteiger partial charge in [0.2, 0.25) is 0 Å². The Hall–Kier alpha value is -0.520. The fourth-order valence-corrected chi connectivity index (χ4v) is 1.68. The van der Waals surface area contributed by atoms with E-state index >= 15 is 0 Å². The molecule has 0 aliphatic carbocycles. The monoisotopic (exact) mass is 243 g/mol.